The minimum atomic E-state index is -0.585. The molecule has 1 aromatic carbocycles. The van der Waals surface area contributed by atoms with E-state index in [1.165, 1.54) is 6.07 Å². The first-order chi connectivity index (χ1) is 9.93. The lowest BCUT2D eigenvalue weighted by molar-refractivity contribution is -0.384. The Balaban J connectivity index is 2.37. The maximum atomic E-state index is 12.5. The molecule has 1 heterocycles. The van der Waals surface area contributed by atoms with Gasteiger partial charge in [0.25, 0.3) is 11.6 Å². The van der Waals surface area contributed by atoms with Crippen LogP contribution in [0.4, 0.5) is 11.4 Å². The van der Waals surface area contributed by atoms with Crippen LogP contribution in [0.2, 0.25) is 4.34 Å². The van der Waals surface area contributed by atoms with E-state index in [-0.39, 0.29) is 20.8 Å². The largest absolute Gasteiger partial charge is 0.308 e. The van der Waals surface area contributed by atoms with Crippen molar-refractivity contribution in [3.8, 4) is 0 Å². The normalized spacial score (nSPS) is 10.4. The number of carbonyl (C=O) groups excluding carboxylic acids is 1. The fraction of sp³-hybridized carbons (Fsp3) is 0.214. The Morgan fingerprint density at radius 1 is 1.43 bits per heavy atom. The molecule has 21 heavy (non-hydrogen) atoms. The number of nitro groups is 1. The molecule has 0 aliphatic rings. The minimum Gasteiger partial charge on any atom is -0.308 e. The number of benzene rings is 1. The Bertz CT molecular complexity index is 699. The Labute approximate surface area is 130 Å². The average molecular weight is 325 g/mol. The number of rotatable bonds is 4. The number of thiophene rings is 1. The van der Waals surface area contributed by atoms with Crippen molar-refractivity contribution < 1.29 is 9.72 Å². The number of halogens is 1. The Morgan fingerprint density at radius 3 is 2.67 bits per heavy atom. The summed E-state index contributed by atoms with van der Waals surface area (Å²) in [4.78, 5) is 24.6. The van der Waals surface area contributed by atoms with E-state index < -0.39 is 4.92 Å². The monoisotopic (exact) mass is 324 g/mol. The fourth-order valence-electron chi connectivity index (χ4n) is 1.96. The molecule has 0 aliphatic heterocycles. The van der Waals surface area contributed by atoms with Crippen molar-refractivity contribution in [3.05, 3.63) is 55.2 Å². The molecule has 0 aliphatic carbocycles. The lowest BCUT2D eigenvalue weighted by atomic mass is 10.2. The van der Waals surface area contributed by atoms with Gasteiger partial charge < -0.3 is 4.90 Å². The second-order valence-electron chi connectivity index (χ2n) is 4.42. The lowest BCUT2D eigenvalue weighted by Gasteiger charge is -2.20. The van der Waals surface area contributed by atoms with E-state index in [4.69, 9.17) is 11.6 Å². The van der Waals surface area contributed by atoms with E-state index in [1.54, 1.807) is 4.90 Å². The minimum absolute atomic E-state index is 0.0173. The molecule has 0 unspecified atom stereocenters. The van der Waals surface area contributed by atoms with Gasteiger partial charge >= 0.3 is 0 Å². The van der Waals surface area contributed by atoms with Gasteiger partial charge in [0.05, 0.1) is 4.92 Å². The predicted octanol–water partition coefficient (Wildman–Crippen LogP) is 4.28. The van der Waals surface area contributed by atoms with Gasteiger partial charge in [0.1, 0.15) is 4.88 Å². The highest BCUT2D eigenvalue weighted by Gasteiger charge is 2.24. The molecule has 2 rings (SSSR count). The van der Waals surface area contributed by atoms with E-state index in [0.717, 1.165) is 22.6 Å². The van der Waals surface area contributed by atoms with E-state index >= 15 is 0 Å². The van der Waals surface area contributed by atoms with Crippen LogP contribution in [0, 0.1) is 17.0 Å². The molecule has 0 fully saturated rings. The molecule has 7 heteroatoms. The van der Waals surface area contributed by atoms with Crippen LogP contribution in [0.3, 0.4) is 0 Å². The summed E-state index contributed by atoms with van der Waals surface area (Å²) in [6, 6.07) is 8.76. The van der Waals surface area contributed by atoms with Crippen molar-refractivity contribution in [2.24, 2.45) is 0 Å². The third-order valence-electron chi connectivity index (χ3n) is 2.95. The van der Waals surface area contributed by atoms with Gasteiger partial charge in [-0.3, -0.25) is 14.9 Å². The molecule has 0 atom stereocenters. The summed E-state index contributed by atoms with van der Waals surface area (Å²) in [5.41, 5.74) is 1.56. The maximum absolute atomic E-state index is 12.5. The highest BCUT2D eigenvalue weighted by molar-refractivity contribution is 7.18. The molecule has 0 saturated heterocycles. The molecule has 0 saturated carbocycles. The summed E-state index contributed by atoms with van der Waals surface area (Å²) >= 11 is 6.74. The number of hydrogen-bond donors (Lipinski definition) is 0. The third kappa shape index (κ3) is 3.22. The molecule has 0 N–H and O–H groups in total. The van der Waals surface area contributed by atoms with Crippen LogP contribution in [0.15, 0.2) is 30.3 Å². The van der Waals surface area contributed by atoms with E-state index in [2.05, 4.69) is 0 Å². The van der Waals surface area contributed by atoms with Gasteiger partial charge in [-0.2, -0.15) is 0 Å². The second kappa shape index (κ2) is 6.24. The molecule has 0 radical (unpaired) electrons. The molecule has 1 amide bonds. The first-order valence-electron chi connectivity index (χ1n) is 6.26. The van der Waals surface area contributed by atoms with Crippen molar-refractivity contribution in [2.45, 2.75) is 13.8 Å². The third-order valence-corrected chi connectivity index (χ3v) is 4.28. The predicted molar refractivity (Wildman–Crippen MR) is 84.5 cm³/mol. The van der Waals surface area contributed by atoms with Gasteiger partial charge in [0.15, 0.2) is 4.34 Å². The molecule has 0 bridgehead atoms. The zero-order chi connectivity index (χ0) is 15.6. The van der Waals surface area contributed by atoms with Gasteiger partial charge in [-0.15, -0.1) is 11.3 Å². The summed E-state index contributed by atoms with van der Waals surface area (Å²) in [6.45, 7) is 4.25. The van der Waals surface area contributed by atoms with Crippen molar-refractivity contribution >= 4 is 40.2 Å². The standard InChI is InChI=1S/C14H13ClN2O3S/c1-3-16(10-6-4-5-9(2)7-10)14(18)12-8-11(17(19)20)13(15)21-12/h4-8H,3H2,1-2H3. The van der Waals surface area contributed by atoms with Gasteiger partial charge in [-0.1, -0.05) is 23.7 Å². The quantitative estimate of drug-likeness (QED) is 0.622. The van der Waals surface area contributed by atoms with Gasteiger partial charge in [0.2, 0.25) is 0 Å². The molecule has 0 spiro atoms. The summed E-state index contributed by atoms with van der Waals surface area (Å²) in [7, 11) is 0. The molecular weight excluding hydrogens is 312 g/mol. The molecule has 1 aromatic heterocycles. The van der Waals surface area contributed by atoms with Crippen LogP contribution in [0.1, 0.15) is 22.2 Å². The number of amides is 1. The molecular formula is C14H13ClN2O3S. The number of aryl methyl sites for hydroxylation is 1. The Morgan fingerprint density at radius 2 is 2.14 bits per heavy atom. The summed E-state index contributed by atoms with van der Waals surface area (Å²) in [6.07, 6.45) is 0. The number of anilines is 1. The van der Waals surface area contributed by atoms with Crippen molar-refractivity contribution in [1.29, 1.82) is 0 Å². The molecule has 110 valence electrons. The molecule has 5 nitrogen and oxygen atoms in total. The van der Waals surface area contributed by atoms with Crippen molar-refractivity contribution in [3.63, 3.8) is 0 Å². The van der Waals surface area contributed by atoms with Crippen LogP contribution >= 0.6 is 22.9 Å². The van der Waals surface area contributed by atoms with E-state index in [9.17, 15) is 14.9 Å². The van der Waals surface area contributed by atoms with Gasteiger partial charge in [0, 0.05) is 18.3 Å². The van der Waals surface area contributed by atoms with Crippen LogP contribution in [-0.4, -0.2) is 17.4 Å². The first kappa shape index (κ1) is 15.5. The smallest absolute Gasteiger partial charge is 0.299 e. The summed E-state index contributed by atoms with van der Waals surface area (Å²) in [5, 5.41) is 10.8. The van der Waals surface area contributed by atoms with Crippen LogP contribution in [0.25, 0.3) is 0 Å². The zero-order valence-electron chi connectivity index (χ0n) is 11.5. The topological polar surface area (TPSA) is 63.5 Å². The Kier molecular flexibility index (Phi) is 4.59. The Hall–Kier alpha value is -1.92. The zero-order valence-corrected chi connectivity index (χ0v) is 13.1. The van der Waals surface area contributed by atoms with E-state index in [0.29, 0.717) is 6.54 Å². The van der Waals surface area contributed by atoms with Crippen molar-refractivity contribution in [1.82, 2.24) is 0 Å². The second-order valence-corrected chi connectivity index (χ2v) is 6.07. The number of nitrogens with zero attached hydrogens (tertiary/aromatic N) is 2. The first-order valence-corrected chi connectivity index (χ1v) is 7.45. The fourth-order valence-corrected chi connectivity index (χ4v) is 3.13. The van der Waals surface area contributed by atoms with Crippen LogP contribution < -0.4 is 4.90 Å². The number of hydrogen-bond acceptors (Lipinski definition) is 4. The van der Waals surface area contributed by atoms with E-state index in [1.807, 2.05) is 38.1 Å². The van der Waals surface area contributed by atoms with Gasteiger partial charge in [-0.25, -0.2) is 0 Å². The van der Waals surface area contributed by atoms with Gasteiger partial charge in [-0.05, 0) is 31.5 Å². The highest BCUT2D eigenvalue weighted by atomic mass is 35.5. The highest BCUT2D eigenvalue weighted by Crippen LogP contribution is 2.35. The summed E-state index contributed by atoms with van der Waals surface area (Å²) in [5.74, 6) is -0.289. The number of carbonyl (C=O) groups is 1. The van der Waals surface area contributed by atoms with Crippen molar-refractivity contribution in [2.75, 3.05) is 11.4 Å². The van der Waals surface area contributed by atoms with Crippen LogP contribution in [0.5, 0.6) is 0 Å². The lowest BCUT2D eigenvalue weighted by Crippen LogP contribution is -2.29. The molecule has 2 aromatic rings. The summed E-state index contributed by atoms with van der Waals surface area (Å²) < 4.78 is 0.0173. The maximum Gasteiger partial charge on any atom is 0.299 e. The SMILES string of the molecule is CCN(C(=O)c1cc([N+](=O)[O-])c(Cl)s1)c1cccc(C)c1. The van der Waals surface area contributed by atoms with Crippen LogP contribution in [-0.2, 0) is 0 Å². The average Bonchev–Trinajstić information content (AvgIpc) is 2.82.